The van der Waals surface area contributed by atoms with E-state index in [9.17, 15) is 0 Å². The second kappa shape index (κ2) is 5.65. The Morgan fingerprint density at radius 1 is 1.11 bits per heavy atom. The molecule has 0 fully saturated rings. The molecular weight excluding hydrogens is 224 g/mol. The van der Waals surface area contributed by atoms with Crippen LogP contribution in [0.1, 0.15) is 22.4 Å². The molecule has 1 aromatic carbocycles. The van der Waals surface area contributed by atoms with Crippen molar-refractivity contribution in [2.24, 2.45) is 5.73 Å². The molecule has 2 aromatic rings. The molecule has 0 unspecified atom stereocenters. The van der Waals surface area contributed by atoms with Crippen LogP contribution in [0, 0.1) is 13.8 Å². The van der Waals surface area contributed by atoms with E-state index >= 15 is 0 Å². The van der Waals surface area contributed by atoms with Crippen LogP contribution < -0.4 is 10.5 Å². The van der Waals surface area contributed by atoms with E-state index in [4.69, 9.17) is 10.5 Å². The fourth-order valence-corrected chi connectivity index (χ4v) is 1.96. The SMILES string of the molecule is Cc1cccc(C)c1OCc1cccnc1CN. The first-order valence-electron chi connectivity index (χ1n) is 6.04. The standard InChI is InChI=1S/C15H18N2O/c1-11-5-3-6-12(2)15(11)18-10-13-7-4-8-17-14(13)9-16/h3-8H,9-10,16H2,1-2H3. The Morgan fingerprint density at radius 3 is 2.50 bits per heavy atom. The third kappa shape index (κ3) is 2.68. The fourth-order valence-electron chi connectivity index (χ4n) is 1.96. The molecule has 3 heteroatoms. The maximum atomic E-state index is 5.90. The number of rotatable bonds is 4. The summed E-state index contributed by atoms with van der Waals surface area (Å²) in [7, 11) is 0. The van der Waals surface area contributed by atoms with Gasteiger partial charge in [0.1, 0.15) is 12.4 Å². The Kier molecular flexibility index (Phi) is 3.95. The van der Waals surface area contributed by atoms with E-state index in [0.29, 0.717) is 13.2 Å². The lowest BCUT2D eigenvalue weighted by Gasteiger charge is -2.13. The third-order valence-electron chi connectivity index (χ3n) is 2.96. The topological polar surface area (TPSA) is 48.1 Å². The minimum Gasteiger partial charge on any atom is -0.488 e. The number of para-hydroxylation sites is 1. The van der Waals surface area contributed by atoms with Gasteiger partial charge in [-0.25, -0.2) is 0 Å². The first-order chi connectivity index (χ1) is 8.72. The molecule has 0 saturated heterocycles. The molecule has 2 rings (SSSR count). The highest BCUT2D eigenvalue weighted by atomic mass is 16.5. The average molecular weight is 242 g/mol. The van der Waals surface area contributed by atoms with E-state index in [1.807, 2.05) is 18.2 Å². The molecule has 1 heterocycles. The van der Waals surface area contributed by atoms with E-state index in [1.54, 1.807) is 6.20 Å². The van der Waals surface area contributed by atoms with Crippen molar-refractivity contribution in [1.82, 2.24) is 4.98 Å². The van der Waals surface area contributed by atoms with Crippen molar-refractivity contribution in [3.63, 3.8) is 0 Å². The summed E-state index contributed by atoms with van der Waals surface area (Å²) in [5, 5.41) is 0. The van der Waals surface area contributed by atoms with Crippen LogP contribution >= 0.6 is 0 Å². The van der Waals surface area contributed by atoms with Crippen LogP contribution in [0.4, 0.5) is 0 Å². The lowest BCUT2D eigenvalue weighted by molar-refractivity contribution is 0.300. The minimum absolute atomic E-state index is 0.437. The highest BCUT2D eigenvalue weighted by Gasteiger charge is 2.06. The maximum Gasteiger partial charge on any atom is 0.125 e. The van der Waals surface area contributed by atoms with Gasteiger partial charge in [0, 0.05) is 18.3 Å². The zero-order valence-electron chi connectivity index (χ0n) is 10.8. The number of nitrogens with two attached hydrogens (primary N) is 1. The normalized spacial score (nSPS) is 10.4. The van der Waals surface area contributed by atoms with Crippen molar-refractivity contribution >= 4 is 0 Å². The summed E-state index contributed by atoms with van der Waals surface area (Å²) in [4.78, 5) is 4.25. The molecule has 0 radical (unpaired) electrons. The molecular formula is C15H18N2O. The molecule has 3 nitrogen and oxygen atoms in total. The largest absolute Gasteiger partial charge is 0.488 e. The van der Waals surface area contributed by atoms with Gasteiger partial charge in [0.25, 0.3) is 0 Å². The monoisotopic (exact) mass is 242 g/mol. The van der Waals surface area contributed by atoms with Crippen molar-refractivity contribution < 1.29 is 4.74 Å². The zero-order chi connectivity index (χ0) is 13.0. The van der Waals surface area contributed by atoms with Gasteiger partial charge >= 0.3 is 0 Å². The number of aromatic nitrogens is 1. The van der Waals surface area contributed by atoms with Crippen molar-refractivity contribution in [2.75, 3.05) is 0 Å². The molecule has 0 bridgehead atoms. The molecule has 0 saturated carbocycles. The van der Waals surface area contributed by atoms with Crippen molar-refractivity contribution in [1.29, 1.82) is 0 Å². The minimum atomic E-state index is 0.437. The van der Waals surface area contributed by atoms with Gasteiger partial charge < -0.3 is 10.5 Å². The van der Waals surface area contributed by atoms with Gasteiger partial charge in [0.2, 0.25) is 0 Å². The summed E-state index contributed by atoms with van der Waals surface area (Å²) in [6.07, 6.45) is 1.75. The number of ether oxygens (including phenoxy) is 1. The quantitative estimate of drug-likeness (QED) is 0.896. The van der Waals surface area contributed by atoms with Crippen LogP contribution in [0.25, 0.3) is 0 Å². The Morgan fingerprint density at radius 2 is 1.83 bits per heavy atom. The second-order valence-electron chi connectivity index (χ2n) is 4.32. The molecule has 0 aliphatic heterocycles. The van der Waals surface area contributed by atoms with Gasteiger partial charge in [-0.05, 0) is 31.0 Å². The predicted octanol–water partition coefficient (Wildman–Crippen LogP) is 2.74. The van der Waals surface area contributed by atoms with E-state index in [-0.39, 0.29) is 0 Å². The van der Waals surface area contributed by atoms with Crippen LogP contribution in [-0.2, 0) is 13.2 Å². The molecule has 2 N–H and O–H groups in total. The summed E-state index contributed by atoms with van der Waals surface area (Å²) >= 11 is 0. The van der Waals surface area contributed by atoms with Gasteiger partial charge in [-0.3, -0.25) is 4.98 Å². The Balaban J connectivity index is 2.16. The predicted molar refractivity (Wildman–Crippen MR) is 72.4 cm³/mol. The Bertz CT molecular complexity index is 518. The smallest absolute Gasteiger partial charge is 0.125 e. The fraction of sp³-hybridized carbons (Fsp3) is 0.267. The van der Waals surface area contributed by atoms with Crippen LogP contribution in [-0.4, -0.2) is 4.98 Å². The van der Waals surface area contributed by atoms with Crippen LogP contribution in [0.3, 0.4) is 0 Å². The summed E-state index contributed by atoms with van der Waals surface area (Å²) < 4.78 is 5.90. The molecule has 0 amide bonds. The first-order valence-corrected chi connectivity index (χ1v) is 6.04. The van der Waals surface area contributed by atoms with E-state index < -0.39 is 0 Å². The number of hydrogen-bond acceptors (Lipinski definition) is 3. The number of benzene rings is 1. The number of hydrogen-bond donors (Lipinski definition) is 1. The third-order valence-corrected chi connectivity index (χ3v) is 2.96. The van der Waals surface area contributed by atoms with Gasteiger partial charge in [-0.1, -0.05) is 24.3 Å². The Labute approximate surface area is 108 Å². The highest BCUT2D eigenvalue weighted by Crippen LogP contribution is 2.23. The molecule has 1 aromatic heterocycles. The summed E-state index contributed by atoms with van der Waals surface area (Å²) in [6, 6.07) is 10.0. The van der Waals surface area contributed by atoms with Crippen LogP contribution in [0.15, 0.2) is 36.5 Å². The molecule has 0 aliphatic rings. The summed E-state index contributed by atoms with van der Waals surface area (Å²) in [5.74, 6) is 0.948. The zero-order valence-corrected chi connectivity index (χ0v) is 10.8. The molecule has 18 heavy (non-hydrogen) atoms. The van der Waals surface area contributed by atoms with Gasteiger partial charge in [0.05, 0.1) is 5.69 Å². The van der Waals surface area contributed by atoms with Crippen molar-refractivity contribution in [3.05, 3.63) is 58.9 Å². The van der Waals surface area contributed by atoms with Crippen LogP contribution in [0.2, 0.25) is 0 Å². The Hall–Kier alpha value is -1.87. The average Bonchev–Trinajstić information content (AvgIpc) is 2.38. The summed E-state index contributed by atoms with van der Waals surface area (Å²) in [5.41, 5.74) is 9.89. The van der Waals surface area contributed by atoms with Gasteiger partial charge in [0.15, 0.2) is 0 Å². The molecule has 94 valence electrons. The number of pyridine rings is 1. The molecule has 0 aliphatic carbocycles. The van der Waals surface area contributed by atoms with Gasteiger partial charge in [-0.15, -0.1) is 0 Å². The van der Waals surface area contributed by atoms with E-state index in [0.717, 1.165) is 28.1 Å². The maximum absolute atomic E-state index is 5.90. The molecule has 0 spiro atoms. The van der Waals surface area contributed by atoms with Crippen LogP contribution in [0.5, 0.6) is 5.75 Å². The number of aryl methyl sites for hydroxylation is 2. The van der Waals surface area contributed by atoms with Crippen molar-refractivity contribution in [3.8, 4) is 5.75 Å². The molecule has 0 atom stereocenters. The highest BCUT2D eigenvalue weighted by molar-refractivity contribution is 5.40. The first kappa shape index (κ1) is 12.6. The van der Waals surface area contributed by atoms with E-state index in [1.165, 1.54) is 0 Å². The van der Waals surface area contributed by atoms with Crippen molar-refractivity contribution in [2.45, 2.75) is 27.0 Å². The number of nitrogens with zero attached hydrogens (tertiary/aromatic N) is 1. The van der Waals surface area contributed by atoms with E-state index in [2.05, 4.69) is 31.0 Å². The lowest BCUT2D eigenvalue weighted by atomic mass is 10.1. The lowest BCUT2D eigenvalue weighted by Crippen LogP contribution is -2.07. The summed E-state index contributed by atoms with van der Waals surface area (Å²) in [6.45, 7) is 5.04. The second-order valence-corrected chi connectivity index (χ2v) is 4.32. The van der Waals surface area contributed by atoms with Gasteiger partial charge in [-0.2, -0.15) is 0 Å².